The van der Waals surface area contributed by atoms with Gasteiger partial charge in [0.1, 0.15) is 5.52 Å². The SMILES string of the molecule is Nc1cccc2oc(NC3C=CS(=O)(=O)C3)nc12. The Morgan fingerprint density at radius 2 is 2.28 bits per heavy atom. The lowest BCUT2D eigenvalue weighted by atomic mass is 10.3. The van der Waals surface area contributed by atoms with Gasteiger partial charge >= 0.3 is 0 Å². The van der Waals surface area contributed by atoms with Gasteiger partial charge in [0.2, 0.25) is 0 Å². The number of benzene rings is 1. The molecule has 18 heavy (non-hydrogen) atoms. The number of nitrogens with zero attached hydrogens (tertiary/aromatic N) is 1. The largest absolute Gasteiger partial charge is 0.423 e. The van der Waals surface area contributed by atoms with Crippen LogP contribution in [0.4, 0.5) is 11.7 Å². The molecular weight excluding hydrogens is 254 g/mol. The van der Waals surface area contributed by atoms with Crippen LogP contribution in [0.15, 0.2) is 34.1 Å². The molecule has 0 saturated carbocycles. The third-order valence-corrected chi connectivity index (χ3v) is 4.08. The van der Waals surface area contributed by atoms with Crippen LogP contribution in [0.2, 0.25) is 0 Å². The molecule has 1 unspecified atom stereocenters. The first-order chi connectivity index (χ1) is 8.53. The summed E-state index contributed by atoms with van der Waals surface area (Å²) in [6.45, 7) is 0. The van der Waals surface area contributed by atoms with Crippen molar-refractivity contribution < 1.29 is 12.8 Å². The van der Waals surface area contributed by atoms with Crippen molar-refractivity contribution in [1.29, 1.82) is 0 Å². The summed E-state index contributed by atoms with van der Waals surface area (Å²) in [7, 11) is -3.09. The highest BCUT2D eigenvalue weighted by Crippen LogP contribution is 2.24. The lowest BCUT2D eigenvalue weighted by Gasteiger charge is -2.05. The van der Waals surface area contributed by atoms with Crippen LogP contribution in [0.1, 0.15) is 0 Å². The monoisotopic (exact) mass is 265 g/mol. The fourth-order valence-corrected chi connectivity index (χ4v) is 3.09. The first kappa shape index (κ1) is 11.1. The van der Waals surface area contributed by atoms with Gasteiger partial charge in [0.15, 0.2) is 15.4 Å². The second-order valence-electron chi connectivity index (χ2n) is 4.12. The van der Waals surface area contributed by atoms with E-state index in [1.54, 1.807) is 24.3 Å². The Bertz CT molecular complexity index is 733. The number of nitrogens with two attached hydrogens (primary N) is 1. The average molecular weight is 265 g/mol. The molecule has 1 aliphatic rings. The van der Waals surface area contributed by atoms with Gasteiger partial charge in [-0.2, -0.15) is 4.98 Å². The van der Waals surface area contributed by atoms with Crippen molar-refractivity contribution in [2.24, 2.45) is 0 Å². The van der Waals surface area contributed by atoms with E-state index in [4.69, 9.17) is 10.2 Å². The number of rotatable bonds is 2. The van der Waals surface area contributed by atoms with Gasteiger partial charge in [0, 0.05) is 5.41 Å². The molecule has 0 spiro atoms. The zero-order valence-corrected chi connectivity index (χ0v) is 10.1. The van der Waals surface area contributed by atoms with E-state index < -0.39 is 9.84 Å². The Morgan fingerprint density at radius 1 is 1.44 bits per heavy atom. The van der Waals surface area contributed by atoms with E-state index >= 15 is 0 Å². The smallest absolute Gasteiger partial charge is 0.296 e. The molecule has 0 aliphatic carbocycles. The molecule has 94 valence electrons. The molecule has 0 fully saturated rings. The standard InChI is InChI=1S/C11H11N3O3S/c12-8-2-1-3-9-10(8)14-11(17-9)13-7-4-5-18(15,16)6-7/h1-5,7H,6,12H2,(H,13,14). The minimum absolute atomic E-state index is 0.0151. The fraction of sp³-hybridized carbons (Fsp3) is 0.182. The minimum Gasteiger partial charge on any atom is -0.423 e. The summed E-state index contributed by atoms with van der Waals surface area (Å²) in [6.07, 6.45) is 1.58. The molecule has 2 heterocycles. The third kappa shape index (κ3) is 1.92. The van der Waals surface area contributed by atoms with Gasteiger partial charge in [0.25, 0.3) is 6.01 Å². The molecule has 0 bridgehead atoms. The predicted octanol–water partition coefficient (Wildman–Crippen LogP) is 1.13. The molecular formula is C11H11N3O3S. The molecule has 1 aromatic carbocycles. The molecule has 2 aromatic rings. The van der Waals surface area contributed by atoms with Crippen molar-refractivity contribution in [3.8, 4) is 0 Å². The summed E-state index contributed by atoms with van der Waals surface area (Å²) in [5, 5.41) is 4.11. The number of nitrogen functional groups attached to an aromatic ring is 1. The Balaban J connectivity index is 1.88. The van der Waals surface area contributed by atoms with Crippen molar-refractivity contribution in [3.05, 3.63) is 29.7 Å². The van der Waals surface area contributed by atoms with E-state index in [0.717, 1.165) is 0 Å². The van der Waals surface area contributed by atoms with Crippen molar-refractivity contribution in [3.63, 3.8) is 0 Å². The maximum Gasteiger partial charge on any atom is 0.296 e. The van der Waals surface area contributed by atoms with Gasteiger partial charge in [-0.3, -0.25) is 0 Å². The van der Waals surface area contributed by atoms with Gasteiger partial charge in [-0.1, -0.05) is 6.07 Å². The summed E-state index contributed by atoms with van der Waals surface area (Å²) in [4.78, 5) is 4.19. The summed E-state index contributed by atoms with van der Waals surface area (Å²) in [5.41, 5.74) is 7.43. The second-order valence-corrected chi connectivity index (χ2v) is 6.05. The number of hydrogen-bond acceptors (Lipinski definition) is 6. The zero-order chi connectivity index (χ0) is 12.8. The number of nitrogens with one attached hydrogen (secondary N) is 1. The normalized spacial score (nSPS) is 21.4. The molecule has 0 radical (unpaired) electrons. The van der Waals surface area contributed by atoms with Gasteiger partial charge in [0.05, 0.1) is 17.5 Å². The molecule has 0 amide bonds. The van der Waals surface area contributed by atoms with Crippen molar-refractivity contribution >= 4 is 32.6 Å². The summed E-state index contributed by atoms with van der Waals surface area (Å²) in [5.74, 6) is 0.0151. The Morgan fingerprint density at radius 3 is 2.94 bits per heavy atom. The summed E-state index contributed by atoms with van der Waals surface area (Å²) < 4.78 is 28.0. The first-order valence-electron chi connectivity index (χ1n) is 5.36. The molecule has 7 heteroatoms. The van der Waals surface area contributed by atoms with Gasteiger partial charge in [-0.25, -0.2) is 8.42 Å². The van der Waals surface area contributed by atoms with Crippen molar-refractivity contribution in [2.45, 2.75) is 6.04 Å². The fourth-order valence-electron chi connectivity index (χ4n) is 1.86. The third-order valence-electron chi connectivity index (χ3n) is 2.69. The number of para-hydroxylation sites is 1. The van der Waals surface area contributed by atoms with E-state index in [9.17, 15) is 8.42 Å². The van der Waals surface area contributed by atoms with Crippen LogP contribution in [0.25, 0.3) is 11.1 Å². The van der Waals surface area contributed by atoms with Crippen LogP contribution in [-0.2, 0) is 9.84 Å². The van der Waals surface area contributed by atoms with E-state index in [1.165, 1.54) is 5.41 Å². The van der Waals surface area contributed by atoms with Crippen molar-refractivity contribution in [1.82, 2.24) is 4.98 Å². The highest BCUT2D eigenvalue weighted by molar-refractivity contribution is 7.94. The molecule has 0 saturated heterocycles. The predicted molar refractivity (Wildman–Crippen MR) is 68.8 cm³/mol. The number of anilines is 2. The number of aromatic nitrogens is 1. The van der Waals surface area contributed by atoms with Crippen molar-refractivity contribution in [2.75, 3.05) is 16.8 Å². The Kier molecular flexibility index (Phi) is 2.30. The first-order valence-corrected chi connectivity index (χ1v) is 7.07. The van der Waals surface area contributed by atoms with E-state index in [1.807, 2.05) is 0 Å². The van der Waals surface area contributed by atoms with Crippen LogP contribution in [-0.4, -0.2) is 25.2 Å². The van der Waals surface area contributed by atoms with E-state index in [2.05, 4.69) is 10.3 Å². The molecule has 1 atom stereocenters. The highest BCUT2D eigenvalue weighted by Gasteiger charge is 2.23. The zero-order valence-electron chi connectivity index (χ0n) is 9.33. The van der Waals surface area contributed by atoms with Gasteiger partial charge < -0.3 is 15.5 Å². The minimum atomic E-state index is -3.09. The average Bonchev–Trinajstić information content (AvgIpc) is 2.83. The van der Waals surface area contributed by atoms with Gasteiger partial charge in [-0.15, -0.1) is 0 Å². The van der Waals surface area contributed by atoms with Crippen LogP contribution < -0.4 is 11.1 Å². The summed E-state index contributed by atoms with van der Waals surface area (Å²) >= 11 is 0. The maximum atomic E-state index is 11.3. The quantitative estimate of drug-likeness (QED) is 0.790. The number of fused-ring (bicyclic) bond motifs is 1. The Hall–Kier alpha value is -2.02. The van der Waals surface area contributed by atoms with Crippen LogP contribution in [0.5, 0.6) is 0 Å². The van der Waals surface area contributed by atoms with Crippen LogP contribution >= 0.6 is 0 Å². The number of sulfone groups is 1. The van der Waals surface area contributed by atoms with E-state index in [0.29, 0.717) is 16.8 Å². The van der Waals surface area contributed by atoms with E-state index in [-0.39, 0.29) is 17.8 Å². The Labute approximate surface area is 103 Å². The second kappa shape index (κ2) is 3.74. The van der Waals surface area contributed by atoms with Crippen LogP contribution in [0, 0.1) is 0 Å². The highest BCUT2D eigenvalue weighted by atomic mass is 32.2. The van der Waals surface area contributed by atoms with Crippen LogP contribution in [0.3, 0.4) is 0 Å². The lowest BCUT2D eigenvalue weighted by molar-refractivity contribution is 0.600. The maximum absolute atomic E-state index is 11.3. The molecule has 3 rings (SSSR count). The number of oxazole rings is 1. The lowest BCUT2D eigenvalue weighted by Crippen LogP contribution is -2.20. The molecule has 1 aromatic heterocycles. The molecule has 1 aliphatic heterocycles. The number of hydrogen-bond donors (Lipinski definition) is 2. The molecule has 6 nitrogen and oxygen atoms in total. The summed E-state index contributed by atoms with van der Waals surface area (Å²) in [6, 6.07) is 5.21. The molecule has 3 N–H and O–H groups in total. The van der Waals surface area contributed by atoms with Gasteiger partial charge in [-0.05, 0) is 18.2 Å². The topological polar surface area (TPSA) is 98.2 Å².